The van der Waals surface area contributed by atoms with Crippen LogP contribution in [0.2, 0.25) is 0 Å². The molecule has 6 nitrogen and oxygen atoms in total. The molecule has 1 heterocycles. The van der Waals surface area contributed by atoms with Crippen LogP contribution in [0.4, 0.5) is 5.69 Å². The van der Waals surface area contributed by atoms with E-state index in [0.29, 0.717) is 22.4 Å². The molecule has 1 aromatic heterocycles. The maximum absolute atomic E-state index is 12.4. The lowest BCUT2D eigenvalue weighted by atomic mass is 10.1. The van der Waals surface area contributed by atoms with Crippen LogP contribution in [-0.2, 0) is 4.79 Å². The van der Waals surface area contributed by atoms with Gasteiger partial charge >= 0.3 is 0 Å². The smallest absolute Gasteiger partial charge is 0.277 e. The Hall–Kier alpha value is -2.93. The monoisotopic (exact) mass is 409 g/mol. The van der Waals surface area contributed by atoms with Crippen LogP contribution in [0.25, 0.3) is 11.5 Å². The van der Waals surface area contributed by atoms with Gasteiger partial charge in [-0.2, -0.15) is 0 Å². The molecule has 0 saturated heterocycles. The van der Waals surface area contributed by atoms with Gasteiger partial charge in [0.05, 0.1) is 5.75 Å². The van der Waals surface area contributed by atoms with Gasteiger partial charge in [-0.3, -0.25) is 9.59 Å². The van der Waals surface area contributed by atoms with Gasteiger partial charge in [0.15, 0.2) is 5.78 Å². The number of nitrogens with one attached hydrogen (secondary N) is 1. The first kappa shape index (κ1) is 20.8. The van der Waals surface area contributed by atoms with E-state index in [9.17, 15) is 9.59 Å². The third kappa shape index (κ3) is 5.32. The molecule has 0 aliphatic rings. The molecule has 29 heavy (non-hydrogen) atoms. The molecule has 0 aliphatic heterocycles. The van der Waals surface area contributed by atoms with Crippen LogP contribution in [-0.4, -0.2) is 27.6 Å². The number of Topliss-reactive ketones (excluding diaryl/α,β-unsaturated/α-hetero) is 1. The number of hydrogen-bond donors (Lipinski definition) is 1. The Morgan fingerprint density at radius 3 is 2.41 bits per heavy atom. The van der Waals surface area contributed by atoms with Crippen LogP contribution in [0.1, 0.15) is 35.3 Å². The second-order valence-corrected chi connectivity index (χ2v) is 8.03. The lowest BCUT2D eigenvalue weighted by molar-refractivity contribution is -0.118. The number of amides is 1. The van der Waals surface area contributed by atoms with E-state index in [1.165, 1.54) is 17.3 Å². The molecule has 1 amide bonds. The third-order valence-electron chi connectivity index (χ3n) is 4.49. The fourth-order valence-electron chi connectivity index (χ4n) is 2.50. The van der Waals surface area contributed by atoms with E-state index in [1.54, 1.807) is 24.3 Å². The molecule has 0 atom stereocenters. The molecule has 3 rings (SSSR count). The quantitative estimate of drug-likeness (QED) is 0.440. The zero-order chi connectivity index (χ0) is 21.0. The van der Waals surface area contributed by atoms with Gasteiger partial charge in [0, 0.05) is 22.7 Å². The van der Waals surface area contributed by atoms with Crippen LogP contribution < -0.4 is 5.32 Å². The highest BCUT2D eigenvalue weighted by Crippen LogP contribution is 2.25. The van der Waals surface area contributed by atoms with Crippen LogP contribution in [0.5, 0.6) is 0 Å². The summed E-state index contributed by atoms with van der Waals surface area (Å²) in [6.07, 6.45) is 0. The van der Waals surface area contributed by atoms with E-state index >= 15 is 0 Å². The van der Waals surface area contributed by atoms with E-state index in [1.807, 2.05) is 45.9 Å². The number of aryl methyl sites for hydroxylation is 2. The molecule has 2 aromatic carbocycles. The van der Waals surface area contributed by atoms with E-state index in [0.717, 1.165) is 11.1 Å². The normalized spacial score (nSPS) is 10.9. The van der Waals surface area contributed by atoms with Gasteiger partial charge < -0.3 is 9.73 Å². The predicted octanol–water partition coefficient (Wildman–Crippen LogP) is 4.92. The second-order valence-electron chi connectivity index (χ2n) is 7.11. The van der Waals surface area contributed by atoms with E-state index in [2.05, 4.69) is 15.5 Å². The van der Waals surface area contributed by atoms with Gasteiger partial charge in [-0.25, -0.2) is 0 Å². The summed E-state index contributed by atoms with van der Waals surface area (Å²) in [6, 6.07) is 12.8. The van der Waals surface area contributed by atoms with E-state index in [4.69, 9.17) is 4.42 Å². The summed E-state index contributed by atoms with van der Waals surface area (Å²) in [5, 5.41) is 11.2. The Balaban J connectivity index is 1.59. The zero-order valence-electron chi connectivity index (χ0n) is 16.9. The fraction of sp³-hybridized carbons (Fsp3) is 0.273. The average molecular weight is 410 g/mol. The summed E-state index contributed by atoms with van der Waals surface area (Å²) >= 11 is 1.21. The van der Waals surface area contributed by atoms with Crippen molar-refractivity contribution in [1.29, 1.82) is 0 Å². The van der Waals surface area contributed by atoms with Gasteiger partial charge in [-0.05, 0) is 61.4 Å². The maximum atomic E-state index is 12.4. The number of carbonyl (C=O) groups is 2. The van der Waals surface area contributed by atoms with Crippen molar-refractivity contribution in [2.45, 2.75) is 32.9 Å². The standard InChI is InChI=1S/C22H23N3O3S/c1-13(2)20(27)23-18-9-7-16(8-10-18)19(26)12-29-22-25-24-21(28-22)17-6-5-14(3)15(4)11-17/h5-11,13H,12H2,1-4H3,(H,23,27). The summed E-state index contributed by atoms with van der Waals surface area (Å²) in [4.78, 5) is 24.1. The number of nitrogens with zero attached hydrogens (tertiary/aromatic N) is 2. The van der Waals surface area contributed by atoms with E-state index < -0.39 is 0 Å². The summed E-state index contributed by atoms with van der Waals surface area (Å²) in [5.74, 6) is 0.411. The molecule has 0 aliphatic carbocycles. The molecule has 0 spiro atoms. The number of rotatable bonds is 7. The number of anilines is 1. The van der Waals surface area contributed by atoms with Crippen LogP contribution in [0.3, 0.4) is 0 Å². The molecule has 1 N–H and O–H groups in total. The summed E-state index contributed by atoms with van der Waals surface area (Å²) < 4.78 is 5.68. The third-order valence-corrected chi connectivity index (χ3v) is 5.30. The number of hydrogen-bond acceptors (Lipinski definition) is 6. The minimum Gasteiger partial charge on any atom is -0.411 e. The Labute approximate surface area is 174 Å². The van der Waals surface area contributed by atoms with Crippen molar-refractivity contribution in [3.63, 3.8) is 0 Å². The van der Waals surface area contributed by atoms with Crippen molar-refractivity contribution >= 4 is 29.1 Å². The minimum atomic E-state index is -0.101. The largest absolute Gasteiger partial charge is 0.411 e. The maximum Gasteiger partial charge on any atom is 0.277 e. The Kier molecular flexibility index (Phi) is 6.49. The van der Waals surface area contributed by atoms with Crippen molar-refractivity contribution in [2.75, 3.05) is 11.1 Å². The first-order valence-electron chi connectivity index (χ1n) is 9.31. The first-order valence-corrected chi connectivity index (χ1v) is 10.3. The van der Waals surface area contributed by atoms with E-state index in [-0.39, 0.29) is 23.4 Å². The molecule has 0 unspecified atom stereocenters. The summed E-state index contributed by atoms with van der Waals surface area (Å²) in [5.41, 5.74) is 4.44. The molecule has 150 valence electrons. The van der Waals surface area contributed by atoms with Crippen molar-refractivity contribution in [3.05, 3.63) is 59.2 Å². The molecule has 0 bridgehead atoms. The summed E-state index contributed by atoms with van der Waals surface area (Å²) in [6.45, 7) is 7.73. The molecular weight excluding hydrogens is 386 g/mol. The van der Waals surface area contributed by atoms with Crippen LogP contribution >= 0.6 is 11.8 Å². The van der Waals surface area contributed by atoms with Gasteiger partial charge in [0.2, 0.25) is 11.8 Å². The van der Waals surface area contributed by atoms with Gasteiger partial charge in [-0.15, -0.1) is 10.2 Å². The molecule has 3 aromatic rings. The Morgan fingerprint density at radius 2 is 1.76 bits per heavy atom. The Bertz CT molecular complexity index is 1030. The molecular formula is C22H23N3O3S. The van der Waals surface area contributed by atoms with Crippen molar-refractivity contribution in [3.8, 4) is 11.5 Å². The molecule has 0 radical (unpaired) electrons. The number of ketones is 1. The minimum absolute atomic E-state index is 0.0531. The fourth-order valence-corrected chi connectivity index (χ4v) is 3.15. The van der Waals surface area contributed by atoms with Crippen molar-refractivity contribution in [2.24, 2.45) is 5.92 Å². The lowest BCUT2D eigenvalue weighted by Crippen LogP contribution is -2.17. The average Bonchev–Trinajstić information content (AvgIpc) is 3.17. The lowest BCUT2D eigenvalue weighted by Gasteiger charge is -2.08. The number of thioether (sulfide) groups is 1. The highest BCUT2D eigenvalue weighted by atomic mass is 32.2. The first-order chi connectivity index (χ1) is 13.8. The zero-order valence-corrected chi connectivity index (χ0v) is 17.7. The number of benzene rings is 2. The SMILES string of the molecule is Cc1ccc(-c2nnc(SCC(=O)c3ccc(NC(=O)C(C)C)cc3)o2)cc1C. The topological polar surface area (TPSA) is 85.1 Å². The summed E-state index contributed by atoms with van der Waals surface area (Å²) in [7, 11) is 0. The van der Waals surface area contributed by atoms with Crippen LogP contribution in [0.15, 0.2) is 52.1 Å². The van der Waals surface area contributed by atoms with Gasteiger partial charge in [0.25, 0.3) is 5.22 Å². The predicted molar refractivity (Wildman–Crippen MR) is 114 cm³/mol. The van der Waals surface area contributed by atoms with Crippen molar-refractivity contribution < 1.29 is 14.0 Å². The van der Waals surface area contributed by atoms with Gasteiger partial charge in [-0.1, -0.05) is 31.7 Å². The molecule has 0 saturated carbocycles. The number of carbonyl (C=O) groups excluding carboxylic acids is 2. The highest BCUT2D eigenvalue weighted by Gasteiger charge is 2.13. The van der Waals surface area contributed by atoms with Gasteiger partial charge in [0.1, 0.15) is 0 Å². The number of aromatic nitrogens is 2. The van der Waals surface area contributed by atoms with Crippen molar-refractivity contribution in [1.82, 2.24) is 10.2 Å². The Morgan fingerprint density at radius 1 is 1.03 bits per heavy atom. The van der Waals surface area contributed by atoms with Crippen LogP contribution in [0, 0.1) is 19.8 Å². The second kappa shape index (κ2) is 9.05. The molecule has 7 heteroatoms. The molecule has 0 fully saturated rings. The highest BCUT2D eigenvalue weighted by molar-refractivity contribution is 7.99.